The fourth-order valence-corrected chi connectivity index (χ4v) is 1.50. The molecule has 0 bridgehead atoms. The SMILES string of the molecule is CCC(C)(C)NC(=O)COc1ccc(C#N)cc1[N+](=O)[O-]. The maximum absolute atomic E-state index is 11.7. The summed E-state index contributed by atoms with van der Waals surface area (Å²) in [6.07, 6.45) is 0.746. The number of rotatable bonds is 6. The van der Waals surface area contributed by atoms with Gasteiger partial charge in [0.1, 0.15) is 0 Å². The molecule has 0 aliphatic heterocycles. The smallest absolute Gasteiger partial charge is 0.312 e. The van der Waals surface area contributed by atoms with Crippen LogP contribution in [-0.4, -0.2) is 23.0 Å². The molecule has 1 rings (SSSR count). The Balaban J connectivity index is 2.78. The number of carbonyl (C=O) groups is 1. The van der Waals surface area contributed by atoms with E-state index in [0.29, 0.717) is 0 Å². The molecule has 7 nitrogen and oxygen atoms in total. The molecule has 0 aromatic heterocycles. The maximum atomic E-state index is 11.7. The maximum Gasteiger partial charge on any atom is 0.312 e. The summed E-state index contributed by atoms with van der Waals surface area (Å²) in [7, 11) is 0. The zero-order valence-corrected chi connectivity index (χ0v) is 12.2. The topological polar surface area (TPSA) is 105 Å². The first-order valence-corrected chi connectivity index (χ1v) is 6.41. The van der Waals surface area contributed by atoms with Crippen LogP contribution in [0.5, 0.6) is 5.75 Å². The molecule has 112 valence electrons. The number of amides is 1. The van der Waals surface area contributed by atoms with Crippen molar-refractivity contribution in [2.24, 2.45) is 0 Å². The van der Waals surface area contributed by atoms with Gasteiger partial charge in [-0.05, 0) is 32.4 Å². The molecule has 0 spiro atoms. The minimum atomic E-state index is -0.649. The van der Waals surface area contributed by atoms with Crippen LogP contribution >= 0.6 is 0 Å². The van der Waals surface area contributed by atoms with E-state index in [0.717, 1.165) is 12.5 Å². The normalized spacial score (nSPS) is 10.6. The number of nitro benzene ring substituents is 1. The third-order valence-corrected chi connectivity index (χ3v) is 3.01. The third-order valence-electron chi connectivity index (χ3n) is 3.01. The van der Waals surface area contributed by atoms with Crippen molar-refractivity contribution in [1.29, 1.82) is 5.26 Å². The van der Waals surface area contributed by atoms with Crippen LogP contribution in [0.2, 0.25) is 0 Å². The van der Waals surface area contributed by atoms with Gasteiger partial charge in [-0.25, -0.2) is 0 Å². The Bertz CT molecular complexity index is 590. The lowest BCUT2D eigenvalue weighted by atomic mass is 10.0. The van der Waals surface area contributed by atoms with Gasteiger partial charge in [-0.2, -0.15) is 5.26 Å². The Morgan fingerprint density at radius 2 is 2.19 bits per heavy atom. The Labute approximate surface area is 122 Å². The zero-order chi connectivity index (χ0) is 16.0. The Morgan fingerprint density at radius 1 is 1.52 bits per heavy atom. The van der Waals surface area contributed by atoms with Crippen molar-refractivity contribution >= 4 is 11.6 Å². The van der Waals surface area contributed by atoms with E-state index in [1.54, 1.807) is 0 Å². The number of nitrogens with zero attached hydrogens (tertiary/aromatic N) is 2. The summed E-state index contributed by atoms with van der Waals surface area (Å²) < 4.78 is 5.19. The van der Waals surface area contributed by atoms with E-state index >= 15 is 0 Å². The summed E-state index contributed by atoms with van der Waals surface area (Å²) in [6.45, 7) is 5.35. The minimum Gasteiger partial charge on any atom is -0.477 e. The lowest BCUT2D eigenvalue weighted by molar-refractivity contribution is -0.385. The fourth-order valence-electron chi connectivity index (χ4n) is 1.50. The highest BCUT2D eigenvalue weighted by Crippen LogP contribution is 2.27. The van der Waals surface area contributed by atoms with Crippen LogP contribution in [0, 0.1) is 21.4 Å². The van der Waals surface area contributed by atoms with Crippen molar-refractivity contribution in [2.45, 2.75) is 32.7 Å². The fraction of sp³-hybridized carbons (Fsp3) is 0.429. The number of hydrogen-bond acceptors (Lipinski definition) is 5. The van der Waals surface area contributed by atoms with E-state index in [2.05, 4.69) is 5.32 Å². The predicted molar refractivity (Wildman–Crippen MR) is 75.8 cm³/mol. The summed E-state index contributed by atoms with van der Waals surface area (Å²) in [6, 6.07) is 5.64. The molecule has 1 N–H and O–H groups in total. The first-order valence-electron chi connectivity index (χ1n) is 6.41. The van der Waals surface area contributed by atoms with Gasteiger partial charge in [-0.3, -0.25) is 14.9 Å². The van der Waals surface area contributed by atoms with Gasteiger partial charge in [0.25, 0.3) is 5.91 Å². The van der Waals surface area contributed by atoms with Gasteiger partial charge in [-0.15, -0.1) is 0 Å². The molecule has 0 aliphatic rings. The molecule has 1 amide bonds. The minimum absolute atomic E-state index is 0.0385. The number of carbonyl (C=O) groups excluding carboxylic acids is 1. The molecule has 0 saturated heterocycles. The van der Waals surface area contributed by atoms with E-state index < -0.39 is 4.92 Å². The molecule has 0 fully saturated rings. The highest BCUT2D eigenvalue weighted by atomic mass is 16.6. The highest BCUT2D eigenvalue weighted by Gasteiger charge is 2.20. The van der Waals surface area contributed by atoms with Crippen LogP contribution in [0.4, 0.5) is 5.69 Å². The van der Waals surface area contributed by atoms with Crippen molar-refractivity contribution in [3.8, 4) is 11.8 Å². The molecule has 1 aromatic rings. The van der Waals surface area contributed by atoms with Crippen LogP contribution in [0.1, 0.15) is 32.8 Å². The van der Waals surface area contributed by atoms with Gasteiger partial charge in [-0.1, -0.05) is 6.92 Å². The van der Waals surface area contributed by atoms with Crippen molar-refractivity contribution in [2.75, 3.05) is 6.61 Å². The van der Waals surface area contributed by atoms with Crippen LogP contribution in [0.15, 0.2) is 18.2 Å². The standard InChI is InChI=1S/C14H17N3O4/c1-4-14(2,3)16-13(18)9-21-12-6-5-10(8-15)7-11(12)17(19)20/h5-7H,4,9H2,1-3H3,(H,16,18). The summed E-state index contributed by atoms with van der Waals surface area (Å²) in [4.78, 5) is 22.0. The summed E-state index contributed by atoms with van der Waals surface area (Å²) >= 11 is 0. The van der Waals surface area contributed by atoms with E-state index in [9.17, 15) is 14.9 Å². The van der Waals surface area contributed by atoms with E-state index in [1.807, 2.05) is 26.8 Å². The number of ether oxygens (including phenoxy) is 1. The number of benzene rings is 1. The van der Waals surface area contributed by atoms with Crippen LogP contribution in [0.25, 0.3) is 0 Å². The quantitative estimate of drug-likeness (QED) is 0.638. The van der Waals surface area contributed by atoms with Gasteiger partial charge < -0.3 is 10.1 Å². The van der Waals surface area contributed by atoms with E-state index in [4.69, 9.17) is 10.00 Å². The highest BCUT2D eigenvalue weighted by molar-refractivity contribution is 5.78. The molecule has 0 atom stereocenters. The molecule has 0 radical (unpaired) electrons. The molecule has 21 heavy (non-hydrogen) atoms. The number of nitro groups is 1. The summed E-state index contributed by atoms with van der Waals surface area (Å²) in [5.41, 5.74) is -0.543. The van der Waals surface area contributed by atoms with Crippen LogP contribution in [-0.2, 0) is 4.79 Å². The molecule has 0 aliphatic carbocycles. The van der Waals surface area contributed by atoms with Crippen molar-refractivity contribution in [3.05, 3.63) is 33.9 Å². The average Bonchev–Trinajstić information content (AvgIpc) is 2.44. The van der Waals surface area contributed by atoms with Gasteiger partial charge in [0, 0.05) is 11.6 Å². The van der Waals surface area contributed by atoms with Gasteiger partial charge >= 0.3 is 5.69 Å². The average molecular weight is 291 g/mol. The lowest BCUT2D eigenvalue weighted by Gasteiger charge is -2.24. The molecular formula is C14H17N3O4. The molecule has 0 saturated carbocycles. The monoisotopic (exact) mass is 291 g/mol. The Kier molecular flexibility index (Phi) is 5.24. The molecular weight excluding hydrogens is 274 g/mol. The van der Waals surface area contributed by atoms with Gasteiger partial charge in [0.05, 0.1) is 16.6 Å². The third kappa shape index (κ3) is 4.76. The molecule has 1 aromatic carbocycles. The van der Waals surface area contributed by atoms with E-state index in [1.165, 1.54) is 12.1 Å². The number of nitrogens with one attached hydrogen (secondary N) is 1. The number of hydrogen-bond donors (Lipinski definition) is 1. The summed E-state index contributed by atoms with van der Waals surface area (Å²) in [5.74, 6) is -0.399. The largest absolute Gasteiger partial charge is 0.477 e. The molecule has 0 heterocycles. The zero-order valence-electron chi connectivity index (χ0n) is 12.2. The second kappa shape index (κ2) is 6.70. The van der Waals surface area contributed by atoms with Crippen LogP contribution < -0.4 is 10.1 Å². The van der Waals surface area contributed by atoms with Crippen LogP contribution in [0.3, 0.4) is 0 Å². The Morgan fingerprint density at radius 3 is 2.71 bits per heavy atom. The summed E-state index contributed by atoms with van der Waals surface area (Å²) in [5, 5.41) is 22.4. The Hall–Kier alpha value is -2.62. The second-order valence-corrected chi connectivity index (χ2v) is 5.13. The molecule has 7 heteroatoms. The second-order valence-electron chi connectivity index (χ2n) is 5.13. The predicted octanol–water partition coefficient (Wildman–Crippen LogP) is 2.15. The van der Waals surface area contributed by atoms with E-state index in [-0.39, 0.29) is 35.1 Å². The molecule has 0 unspecified atom stereocenters. The van der Waals surface area contributed by atoms with Crippen molar-refractivity contribution in [3.63, 3.8) is 0 Å². The van der Waals surface area contributed by atoms with Gasteiger partial charge in [0.2, 0.25) is 0 Å². The lowest BCUT2D eigenvalue weighted by Crippen LogP contribution is -2.44. The van der Waals surface area contributed by atoms with Gasteiger partial charge in [0.15, 0.2) is 12.4 Å². The number of nitriles is 1. The first-order chi connectivity index (χ1) is 9.79. The van der Waals surface area contributed by atoms with Crippen molar-refractivity contribution in [1.82, 2.24) is 5.32 Å². The van der Waals surface area contributed by atoms with Crippen molar-refractivity contribution < 1.29 is 14.5 Å². The first kappa shape index (κ1) is 16.4.